The summed E-state index contributed by atoms with van der Waals surface area (Å²) >= 11 is 5.95. The number of nitrogens with two attached hydrogens (primary N) is 1. The molecule has 0 aromatic heterocycles. The highest BCUT2D eigenvalue weighted by atomic mass is 35.5. The molecule has 98 valence electrons. The number of rotatable bonds is 4. The molecule has 1 amide bonds. The van der Waals surface area contributed by atoms with Crippen molar-refractivity contribution in [3.63, 3.8) is 0 Å². The number of para-hydroxylation sites is 1. The summed E-state index contributed by atoms with van der Waals surface area (Å²) in [5.74, 6) is 0.960. The van der Waals surface area contributed by atoms with Crippen LogP contribution in [-0.4, -0.2) is 37.0 Å². The first-order chi connectivity index (χ1) is 8.70. The Morgan fingerprint density at radius 3 is 2.94 bits per heavy atom. The van der Waals surface area contributed by atoms with Gasteiger partial charge in [-0.05, 0) is 31.0 Å². The molecule has 1 fully saturated rings. The maximum atomic E-state index is 11.9. The molecule has 0 radical (unpaired) electrons. The third-order valence-corrected chi connectivity index (χ3v) is 3.47. The van der Waals surface area contributed by atoms with Crippen molar-refractivity contribution in [2.45, 2.75) is 6.42 Å². The maximum absolute atomic E-state index is 11.9. The summed E-state index contributed by atoms with van der Waals surface area (Å²) in [6.45, 7) is 2.17. The standard InChI is InChI=1S/C13H17ClN2O2/c14-11-3-1-2-4-12(11)18-9-13(17)16-6-5-10(7-15)8-16/h1-4,10H,5-9,15H2/t10-/m0/s1. The first-order valence-corrected chi connectivity index (χ1v) is 6.43. The van der Waals surface area contributed by atoms with Gasteiger partial charge in [0.2, 0.25) is 0 Å². The zero-order chi connectivity index (χ0) is 13.0. The SMILES string of the molecule is NC[C@@H]1CCN(C(=O)COc2ccccc2Cl)C1. The molecule has 18 heavy (non-hydrogen) atoms. The lowest BCUT2D eigenvalue weighted by molar-refractivity contribution is -0.132. The second kappa shape index (κ2) is 6.07. The Hall–Kier alpha value is -1.26. The van der Waals surface area contributed by atoms with Crippen molar-refractivity contribution in [3.05, 3.63) is 29.3 Å². The van der Waals surface area contributed by atoms with Crippen LogP contribution in [0.25, 0.3) is 0 Å². The molecule has 1 atom stereocenters. The van der Waals surface area contributed by atoms with Gasteiger partial charge in [0.1, 0.15) is 5.75 Å². The minimum atomic E-state index is -0.00845. The van der Waals surface area contributed by atoms with Crippen molar-refractivity contribution in [3.8, 4) is 5.75 Å². The molecule has 4 nitrogen and oxygen atoms in total. The molecule has 0 bridgehead atoms. The van der Waals surface area contributed by atoms with E-state index in [1.165, 1.54) is 0 Å². The molecule has 0 spiro atoms. The quantitative estimate of drug-likeness (QED) is 0.901. The fourth-order valence-electron chi connectivity index (χ4n) is 2.04. The van der Waals surface area contributed by atoms with Gasteiger partial charge in [-0.15, -0.1) is 0 Å². The second-order valence-electron chi connectivity index (χ2n) is 4.45. The van der Waals surface area contributed by atoms with Gasteiger partial charge in [0.15, 0.2) is 6.61 Å². The van der Waals surface area contributed by atoms with Crippen LogP contribution in [-0.2, 0) is 4.79 Å². The second-order valence-corrected chi connectivity index (χ2v) is 4.86. The molecule has 1 aromatic carbocycles. The molecule has 5 heteroatoms. The highest BCUT2D eigenvalue weighted by Crippen LogP contribution is 2.23. The smallest absolute Gasteiger partial charge is 0.260 e. The van der Waals surface area contributed by atoms with Crippen LogP contribution in [0.1, 0.15) is 6.42 Å². The minimum Gasteiger partial charge on any atom is -0.482 e. The van der Waals surface area contributed by atoms with Crippen LogP contribution in [0.2, 0.25) is 5.02 Å². The summed E-state index contributed by atoms with van der Waals surface area (Å²) in [6.07, 6.45) is 0.980. The molecular formula is C13H17ClN2O2. The number of hydrogen-bond donors (Lipinski definition) is 1. The Bertz CT molecular complexity index is 425. The number of halogens is 1. The van der Waals surface area contributed by atoms with E-state index >= 15 is 0 Å². The molecule has 1 aliphatic heterocycles. The lowest BCUT2D eigenvalue weighted by atomic mass is 10.1. The molecule has 1 heterocycles. The van der Waals surface area contributed by atoms with Crippen LogP contribution >= 0.6 is 11.6 Å². The summed E-state index contributed by atoms with van der Waals surface area (Å²) in [7, 11) is 0. The average molecular weight is 269 g/mol. The zero-order valence-corrected chi connectivity index (χ0v) is 10.9. The minimum absolute atomic E-state index is 0.00845. The first-order valence-electron chi connectivity index (χ1n) is 6.06. The number of benzene rings is 1. The summed E-state index contributed by atoms with van der Waals surface area (Å²) in [6, 6.07) is 7.14. The largest absolute Gasteiger partial charge is 0.482 e. The van der Waals surface area contributed by atoms with E-state index in [9.17, 15) is 4.79 Å². The van der Waals surface area contributed by atoms with E-state index in [-0.39, 0.29) is 12.5 Å². The number of amides is 1. The lowest BCUT2D eigenvalue weighted by Crippen LogP contribution is -2.33. The van der Waals surface area contributed by atoms with Crippen molar-refractivity contribution >= 4 is 17.5 Å². The highest BCUT2D eigenvalue weighted by Gasteiger charge is 2.25. The van der Waals surface area contributed by atoms with E-state index in [1.807, 2.05) is 12.1 Å². The molecule has 2 N–H and O–H groups in total. The monoisotopic (exact) mass is 268 g/mol. The number of nitrogens with zero attached hydrogens (tertiary/aromatic N) is 1. The van der Waals surface area contributed by atoms with Gasteiger partial charge in [0.25, 0.3) is 5.91 Å². The van der Waals surface area contributed by atoms with Gasteiger partial charge < -0.3 is 15.4 Å². The normalized spacial score (nSPS) is 19.0. The average Bonchev–Trinajstić information content (AvgIpc) is 2.86. The van der Waals surface area contributed by atoms with Crippen molar-refractivity contribution in [1.29, 1.82) is 0 Å². The van der Waals surface area contributed by atoms with Gasteiger partial charge in [0, 0.05) is 13.1 Å². The van der Waals surface area contributed by atoms with Crippen LogP contribution in [0.15, 0.2) is 24.3 Å². The van der Waals surface area contributed by atoms with E-state index in [4.69, 9.17) is 22.1 Å². The molecule has 0 saturated carbocycles. The van der Waals surface area contributed by atoms with Crippen LogP contribution in [0.5, 0.6) is 5.75 Å². The molecule has 0 aliphatic carbocycles. The van der Waals surface area contributed by atoms with Gasteiger partial charge in [0.05, 0.1) is 5.02 Å². The van der Waals surface area contributed by atoms with Gasteiger partial charge in [-0.25, -0.2) is 0 Å². The topological polar surface area (TPSA) is 55.6 Å². The molecule has 1 aliphatic rings. The highest BCUT2D eigenvalue weighted by molar-refractivity contribution is 6.32. The predicted molar refractivity (Wildman–Crippen MR) is 70.7 cm³/mol. The Morgan fingerprint density at radius 2 is 2.28 bits per heavy atom. The Kier molecular flexibility index (Phi) is 4.44. The number of ether oxygens (including phenoxy) is 1. The molecule has 1 aromatic rings. The zero-order valence-electron chi connectivity index (χ0n) is 10.1. The van der Waals surface area contributed by atoms with E-state index in [2.05, 4.69) is 0 Å². The fourth-order valence-corrected chi connectivity index (χ4v) is 2.23. The molecule has 1 saturated heterocycles. The molecule has 0 unspecified atom stereocenters. The summed E-state index contributed by atoms with van der Waals surface area (Å²) in [4.78, 5) is 13.7. The lowest BCUT2D eigenvalue weighted by Gasteiger charge is -2.16. The van der Waals surface area contributed by atoms with Crippen molar-refractivity contribution in [1.82, 2.24) is 4.90 Å². The van der Waals surface area contributed by atoms with Crippen LogP contribution in [0, 0.1) is 5.92 Å². The Labute approximate surface area is 112 Å². The van der Waals surface area contributed by atoms with E-state index in [1.54, 1.807) is 17.0 Å². The summed E-state index contributed by atoms with van der Waals surface area (Å²) in [5, 5.41) is 0.520. The third-order valence-electron chi connectivity index (χ3n) is 3.16. The fraction of sp³-hybridized carbons (Fsp3) is 0.462. The number of hydrogen-bond acceptors (Lipinski definition) is 3. The van der Waals surface area contributed by atoms with Gasteiger partial charge in [-0.2, -0.15) is 0 Å². The Balaban J connectivity index is 1.84. The van der Waals surface area contributed by atoms with Crippen molar-refractivity contribution in [2.75, 3.05) is 26.2 Å². The Morgan fingerprint density at radius 1 is 1.50 bits per heavy atom. The van der Waals surface area contributed by atoms with E-state index in [0.717, 1.165) is 19.5 Å². The van der Waals surface area contributed by atoms with Gasteiger partial charge in [-0.1, -0.05) is 23.7 Å². The predicted octanol–water partition coefficient (Wildman–Crippen LogP) is 1.53. The van der Waals surface area contributed by atoms with Crippen LogP contribution in [0.3, 0.4) is 0 Å². The van der Waals surface area contributed by atoms with Gasteiger partial charge >= 0.3 is 0 Å². The summed E-state index contributed by atoms with van der Waals surface area (Å²) in [5.41, 5.74) is 5.59. The molecular weight excluding hydrogens is 252 g/mol. The number of likely N-dealkylation sites (tertiary alicyclic amines) is 1. The number of carbonyl (C=O) groups is 1. The third kappa shape index (κ3) is 3.15. The van der Waals surface area contributed by atoms with Gasteiger partial charge in [-0.3, -0.25) is 4.79 Å². The number of carbonyl (C=O) groups excluding carboxylic acids is 1. The van der Waals surface area contributed by atoms with Crippen molar-refractivity contribution < 1.29 is 9.53 Å². The van der Waals surface area contributed by atoms with Crippen LogP contribution in [0.4, 0.5) is 0 Å². The van der Waals surface area contributed by atoms with Crippen LogP contribution < -0.4 is 10.5 Å². The maximum Gasteiger partial charge on any atom is 0.260 e. The van der Waals surface area contributed by atoms with E-state index < -0.39 is 0 Å². The first kappa shape index (κ1) is 13.2. The summed E-state index contributed by atoms with van der Waals surface area (Å²) < 4.78 is 5.43. The molecule has 2 rings (SSSR count). The van der Waals surface area contributed by atoms with E-state index in [0.29, 0.717) is 23.2 Å². The van der Waals surface area contributed by atoms with Crippen molar-refractivity contribution in [2.24, 2.45) is 11.7 Å².